The first-order chi connectivity index (χ1) is 11.5. The number of amides is 1. The molecular weight excluding hydrogens is 358 g/mol. The van der Waals surface area contributed by atoms with Crippen molar-refractivity contribution in [1.82, 2.24) is 10.2 Å². The first-order valence-electron chi connectivity index (χ1n) is 7.93. The molecule has 0 radical (unpaired) electrons. The van der Waals surface area contributed by atoms with E-state index < -0.39 is 0 Å². The summed E-state index contributed by atoms with van der Waals surface area (Å²) in [7, 11) is 0. The fourth-order valence-electron chi connectivity index (χ4n) is 1.98. The summed E-state index contributed by atoms with van der Waals surface area (Å²) in [6.07, 6.45) is 0. The van der Waals surface area contributed by atoms with E-state index in [0.717, 1.165) is 25.7 Å². The topological polar surface area (TPSA) is 54.9 Å². The lowest BCUT2D eigenvalue weighted by Gasteiger charge is -2.13. The van der Waals surface area contributed by atoms with Gasteiger partial charge in [-0.25, -0.2) is 0 Å². The zero-order valence-electron chi connectivity index (χ0n) is 14.4. The van der Waals surface area contributed by atoms with Crippen LogP contribution in [0.2, 0.25) is 0 Å². The lowest BCUT2D eigenvalue weighted by Crippen LogP contribution is -2.15. The molecule has 1 amide bonds. The number of aromatic nitrogens is 2. The third-order valence-electron chi connectivity index (χ3n) is 3.11. The molecule has 1 aromatic carbocycles. The summed E-state index contributed by atoms with van der Waals surface area (Å²) in [5.41, 5.74) is 2.04. The minimum Gasteiger partial charge on any atom is -0.325 e. The summed E-state index contributed by atoms with van der Waals surface area (Å²) in [6.45, 7) is 8.61. The van der Waals surface area contributed by atoms with E-state index in [4.69, 9.17) is 0 Å². The Hall–Kier alpha value is -1.05. The van der Waals surface area contributed by atoms with Gasteiger partial charge < -0.3 is 5.32 Å². The van der Waals surface area contributed by atoms with Crippen LogP contribution >= 0.6 is 34.9 Å². The highest BCUT2D eigenvalue weighted by molar-refractivity contribution is 8.03. The lowest BCUT2D eigenvalue weighted by atomic mass is 10.0. The third kappa shape index (κ3) is 6.11. The molecule has 0 saturated carbocycles. The smallest absolute Gasteiger partial charge is 0.234 e. The average Bonchev–Trinajstić information content (AvgIpc) is 2.99. The van der Waals surface area contributed by atoms with Gasteiger partial charge in [-0.2, -0.15) is 0 Å². The Labute approximate surface area is 156 Å². The third-order valence-corrected chi connectivity index (χ3v) is 6.73. The number of hydrogen-bond donors (Lipinski definition) is 1. The van der Waals surface area contributed by atoms with Crippen molar-refractivity contribution in [1.29, 1.82) is 0 Å². The van der Waals surface area contributed by atoms with Crippen molar-refractivity contribution in [3.8, 4) is 0 Å². The highest BCUT2D eigenvalue weighted by Gasteiger charge is 2.12. The Morgan fingerprint density at radius 3 is 2.46 bits per heavy atom. The molecule has 7 heteroatoms. The van der Waals surface area contributed by atoms with E-state index in [1.54, 1.807) is 23.1 Å². The fourth-order valence-corrected chi connectivity index (χ4v) is 4.78. The second kappa shape index (κ2) is 9.44. The van der Waals surface area contributed by atoms with Gasteiger partial charge in [0.1, 0.15) is 0 Å². The number of carbonyl (C=O) groups excluding carboxylic acids is 1. The summed E-state index contributed by atoms with van der Waals surface area (Å²) in [5.74, 6) is 2.36. The molecular formula is C17H23N3OS3. The molecule has 0 bridgehead atoms. The van der Waals surface area contributed by atoms with Crippen LogP contribution in [0.25, 0.3) is 0 Å². The van der Waals surface area contributed by atoms with E-state index in [0.29, 0.717) is 17.6 Å². The molecule has 0 spiro atoms. The highest BCUT2D eigenvalue weighted by atomic mass is 32.2. The van der Waals surface area contributed by atoms with Crippen LogP contribution < -0.4 is 5.32 Å². The number of anilines is 1. The van der Waals surface area contributed by atoms with Crippen molar-refractivity contribution in [2.45, 2.75) is 42.3 Å². The summed E-state index contributed by atoms with van der Waals surface area (Å²) >= 11 is 4.71. The molecule has 24 heavy (non-hydrogen) atoms. The van der Waals surface area contributed by atoms with E-state index in [2.05, 4.69) is 49.3 Å². The van der Waals surface area contributed by atoms with Crippen molar-refractivity contribution in [3.05, 3.63) is 29.8 Å². The van der Waals surface area contributed by atoms with Crippen molar-refractivity contribution < 1.29 is 4.79 Å². The normalized spacial score (nSPS) is 11.2. The van der Waals surface area contributed by atoms with Gasteiger partial charge in [0.2, 0.25) is 5.91 Å². The Morgan fingerprint density at radius 2 is 1.79 bits per heavy atom. The molecule has 4 nitrogen and oxygen atoms in total. The minimum absolute atomic E-state index is 0.0142. The van der Waals surface area contributed by atoms with Crippen LogP contribution in [0.15, 0.2) is 32.9 Å². The first kappa shape index (κ1) is 19.3. The highest BCUT2D eigenvalue weighted by Crippen LogP contribution is 2.30. The van der Waals surface area contributed by atoms with Gasteiger partial charge in [-0.3, -0.25) is 4.79 Å². The van der Waals surface area contributed by atoms with Gasteiger partial charge in [-0.15, -0.1) is 10.2 Å². The number of benzene rings is 1. The van der Waals surface area contributed by atoms with E-state index in [-0.39, 0.29) is 5.91 Å². The van der Waals surface area contributed by atoms with Crippen LogP contribution in [-0.2, 0) is 4.79 Å². The van der Waals surface area contributed by atoms with Gasteiger partial charge in [-0.05, 0) is 23.5 Å². The lowest BCUT2D eigenvalue weighted by molar-refractivity contribution is -0.113. The van der Waals surface area contributed by atoms with Crippen LogP contribution in [0.1, 0.15) is 39.2 Å². The summed E-state index contributed by atoms with van der Waals surface area (Å²) in [4.78, 5) is 12.2. The monoisotopic (exact) mass is 381 g/mol. The SMILES string of the molecule is CC(C)CSc1nnc(SCC(=O)Nc2ccccc2C(C)C)s1. The largest absolute Gasteiger partial charge is 0.325 e. The van der Waals surface area contributed by atoms with E-state index in [9.17, 15) is 4.79 Å². The fraction of sp³-hybridized carbons (Fsp3) is 0.471. The predicted molar refractivity (Wildman–Crippen MR) is 105 cm³/mol. The van der Waals surface area contributed by atoms with E-state index in [1.807, 2.05) is 18.2 Å². The number of hydrogen-bond acceptors (Lipinski definition) is 6. The molecule has 0 unspecified atom stereocenters. The molecule has 0 atom stereocenters. The molecule has 0 aliphatic rings. The van der Waals surface area contributed by atoms with Gasteiger partial charge in [0.25, 0.3) is 0 Å². The Kier molecular flexibility index (Phi) is 7.58. The van der Waals surface area contributed by atoms with Gasteiger partial charge in [0, 0.05) is 11.4 Å². The predicted octanol–water partition coefficient (Wildman–Crippen LogP) is 5.14. The van der Waals surface area contributed by atoms with Crippen LogP contribution in [0, 0.1) is 5.92 Å². The second-order valence-corrected chi connectivity index (χ2v) is 9.58. The quantitative estimate of drug-likeness (QED) is 0.642. The number of nitrogens with zero attached hydrogens (tertiary/aromatic N) is 2. The first-order valence-corrected chi connectivity index (χ1v) is 10.7. The molecule has 1 N–H and O–H groups in total. The molecule has 1 aromatic heterocycles. The van der Waals surface area contributed by atoms with Crippen molar-refractivity contribution in [2.24, 2.45) is 5.92 Å². The van der Waals surface area contributed by atoms with Crippen molar-refractivity contribution >= 4 is 46.5 Å². The zero-order valence-corrected chi connectivity index (χ0v) is 16.9. The van der Waals surface area contributed by atoms with E-state index in [1.165, 1.54) is 11.8 Å². The molecule has 1 heterocycles. The molecule has 0 fully saturated rings. The summed E-state index contributed by atoms with van der Waals surface area (Å²) in [5, 5.41) is 11.3. The minimum atomic E-state index is -0.0142. The summed E-state index contributed by atoms with van der Waals surface area (Å²) in [6, 6.07) is 7.94. The molecule has 0 aliphatic heterocycles. The van der Waals surface area contributed by atoms with Crippen LogP contribution in [0.4, 0.5) is 5.69 Å². The maximum absolute atomic E-state index is 12.2. The number of nitrogens with one attached hydrogen (secondary N) is 1. The molecule has 2 rings (SSSR count). The van der Waals surface area contributed by atoms with Gasteiger partial charge >= 0.3 is 0 Å². The molecule has 0 saturated heterocycles. The van der Waals surface area contributed by atoms with Crippen molar-refractivity contribution in [3.63, 3.8) is 0 Å². The van der Waals surface area contributed by atoms with E-state index >= 15 is 0 Å². The van der Waals surface area contributed by atoms with Gasteiger partial charge in [0.15, 0.2) is 8.68 Å². The summed E-state index contributed by atoms with van der Waals surface area (Å²) < 4.78 is 1.81. The maximum Gasteiger partial charge on any atom is 0.234 e. The standard InChI is InChI=1S/C17H23N3OS3/c1-11(2)9-22-16-19-20-17(24-16)23-10-15(21)18-14-8-6-5-7-13(14)12(3)4/h5-8,11-12H,9-10H2,1-4H3,(H,18,21). The van der Waals surface area contributed by atoms with Crippen LogP contribution in [0.3, 0.4) is 0 Å². The number of carbonyl (C=O) groups is 1. The van der Waals surface area contributed by atoms with Crippen LogP contribution in [-0.4, -0.2) is 27.6 Å². The number of rotatable bonds is 8. The molecule has 0 aliphatic carbocycles. The van der Waals surface area contributed by atoms with Gasteiger partial charge in [-0.1, -0.05) is 80.8 Å². The number of thioether (sulfide) groups is 2. The Bertz CT molecular complexity index is 671. The zero-order chi connectivity index (χ0) is 17.5. The van der Waals surface area contributed by atoms with Gasteiger partial charge in [0.05, 0.1) is 5.75 Å². The molecule has 2 aromatic rings. The second-order valence-electron chi connectivity index (χ2n) is 6.12. The average molecular weight is 382 g/mol. The Morgan fingerprint density at radius 1 is 1.12 bits per heavy atom. The maximum atomic E-state index is 12.2. The Balaban J connectivity index is 1.85. The van der Waals surface area contributed by atoms with Crippen molar-refractivity contribution in [2.75, 3.05) is 16.8 Å². The number of para-hydroxylation sites is 1. The molecule has 130 valence electrons. The van der Waals surface area contributed by atoms with Crippen LogP contribution in [0.5, 0.6) is 0 Å².